The molecular formula is C20H21F5O2. The molecule has 0 heterocycles. The third kappa shape index (κ3) is 4.51. The van der Waals surface area contributed by atoms with Crippen LogP contribution in [0.3, 0.4) is 0 Å². The summed E-state index contributed by atoms with van der Waals surface area (Å²) >= 11 is 0. The number of rotatable bonds is 5. The SMILES string of the molecule is OCCc1ccc2ccc(OC3CCC(C(F)(F)F)CC3)c(C(F)F)c2c1. The van der Waals surface area contributed by atoms with Gasteiger partial charge < -0.3 is 9.84 Å². The number of alkyl halides is 5. The molecule has 0 atom stereocenters. The Balaban J connectivity index is 1.85. The van der Waals surface area contributed by atoms with Crippen molar-refractivity contribution in [3.05, 3.63) is 41.5 Å². The van der Waals surface area contributed by atoms with Gasteiger partial charge in [0.1, 0.15) is 5.75 Å². The van der Waals surface area contributed by atoms with E-state index in [4.69, 9.17) is 9.84 Å². The summed E-state index contributed by atoms with van der Waals surface area (Å²) in [6.45, 7) is -0.0891. The van der Waals surface area contributed by atoms with Crippen molar-refractivity contribution in [3.8, 4) is 5.75 Å². The van der Waals surface area contributed by atoms with E-state index in [9.17, 15) is 22.0 Å². The number of benzene rings is 2. The van der Waals surface area contributed by atoms with Crippen molar-refractivity contribution < 1.29 is 31.8 Å². The summed E-state index contributed by atoms with van der Waals surface area (Å²) in [5.41, 5.74) is 0.486. The van der Waals surface area contributed by atoms with Crippen LogP contribution in [0.15, 0.2) is 30.3 Å². The van der Waals surface area contributed by atoms with Gasteiger partial charge in [0.25, 0.3) is 6.43 Å². The number of aliphatic hydroxyl groups excluding tert-OH is 1. The van der Waals surface area contributed by atoms with Crippen molar-refractivity contribution in [2.75, 3.05) is 6.61 Å². The Labute approximate surface area is 153 Å². The van der Waals surface area contributed by atoms with Gasteiger partial charge in [0.2, 0.25) is 0 Å². The van der Waals surface area contributed by atoms with Crippen molar-refractivity contribution in [1.82, 2.24) is 0 Å². The second-order valence-corrected chi connectivity index (χ2v) is 6.94. The topological polar surface area (TPSA) is 29.5 Å². The summed E-state index contributed by atoms with van der Waals surface area (Å²) < 4.78 is 71.6. The van der Waals surface area contributed by atoms with Crippen LogP contribution in [0.4, 0.5) is 22.0 Å². The quantitative estimate of drug-likeness (QED) is 0.655. The Kier molecular flexibility index (Phi) is 5.89. The zero-order valence-corrected chi connectivity index (χ0v) is 14.6. The van der Waals surface area contributed by atoms with E-state index in [1.54, 1.807) is 24.3 Å². The number of hydrogen-bond donors (Lipinski definition) is 1. The summed E-state index contributed by atoms with van der Waals surface area (Å²) in [5.74, 6) is -1.32. The van der Waals surface area contributed by atoms with E-state index in [0.717, 1.165) is 5.56 Å². The monoisotopic (exact) mass is 388 g/mol. The van der Waals surface area contributed by atoms with E-state index in [2.05, 4.69) is 0 Å². The van der Waals surface area contributed by atoms with Crippen LogP contribution in [-0.2, 0) is 6.42 Å². The highest BCUT2D eigenvalue weighted by molar-refractivity contribution is 5.88. The third-order valence-electron chi connectivity index (χ3n) is 5.14. The summed E-state index contributed by atoms with van der Waals surface area (Å²) in [6, 6.07) is 8.23. The lowest BCUT2D eigenvalue weighted by Gasteiger charge is -2.30. The fraction of sp³-hybridized carbons (Fsp3) is 0.500. The van der Waals surface area contributed by atoms with Gasteiger partial charge in [0.05, 0.1) is 17.6 Å². The lowest BCUT2D eigenvalue weighted by molar-refractivity contribution is -0.185. The summed E-state index contributed by atoms with van der Waals surface area (Å²) in [5, 5.41) is 10.0. The number of hydrogen-bond acceptors (Lipinski definition) is 2. The number of aliphatic hydroxyl groups is 1. The fourth-order valence-corrected chi connectivity index (χ4v) is 3.67. The van der Waals surface area contributed by atoms with Crippen LogP contribution in [0.25, 0.3) is 10.8 Å². The van der Waals surface area contributed by atoms with Gasteiger partial charge in [0.15, 0.2) is 0 Å². The van der Waals surface area contributed by atoms with E-state index in [1.807, 2.05) is 0 Å². The van der Waals surface area contributed by atoms with Gasteiger partial charge in [-0.3, -0.25) is 0 Å². The molecular weight excluding hydrogens is 367 g/mol. The highest BCUT2D eigenvalue weighted by Gasteiger charge is 2.42. The summed E-state index contributed by atoms with van der Waals surface area (Å²) in [4.78, 5) is 0. The van der Waals surface area contributed by atoms with Crippen molar-refractivity contribution in [3.63, 3.8) is 0 Å². The second kappa shape index (κ2) is 8.00. The first-order valence-electron chi connectivity index (χ1n) is 8.97. The minimum Gasteiger partial charge on any atom is -0.490 e. The van der Waals surface area contributed by atoms with Crippen LogP contribution < -0.4 is 4.74 Å². The van der Waals surface area contributed by atoms with Crippen LogP contribution in [0, 0.1) is 5.92 Å². The zero-order valence-electron chi connectivity index (χ0n) is 14.6. The Hall–Kier alpha value is -1.89. The largest absolute Gasteiger partial charge is 0.490 e. The first-order chi connectivity index (χ1) is 12.8. The molecule has 0 radical (unpaired) electrons. The molecule has 1 saturated carbocycles. The number of fused-ring (bicyclic) bond motifs is 1. The van der Waals surface area contributed by atoms with Gasteiger partial charge in [-0.2, -0.15) is 13.2 Å². The van der Waals surface area contributed by atoms with Crippen molar-refractivity contribution in [2.45, 2.75) is 50.8 Å². The molecule has 1 N–H and O–H groups in total. The maximum Gasteiger partial charge on any atom is 0.391 e. The normalized spacial score (nSPS) is 21.0. The molecule has 3 rings (SSSR count). The van der Waals surface area contributed by atoms with E-state index >= 15 is 0 Å². The molecule has 1 aliphatic rings. The van der Waals surface area contributed by atoms with Crippen LogP contribution in [0.2, 0.25) is 0 Å². The van der Waals surface area contributed by atoms with Crippen LogP contribution in [0.1, 0.15) is 43.2 Å². The first-order valence-corrected chi connectivity index (χ1v) is 8.97. The highest BCUT2D eigenvalue weighted by atomic mass is 19.4. The Morgan fingerprint density at radius 1 is 1.04 bits per heavy atom. The lowest BCUT2D eigenvalue weighted by Crippen LogP contribution is -2.32. The number of halogens is 5. The minimum atomic E-state index is -4.22. The van der Waals surface area contributed by atoms with Crippen LogP contribution in [0.5, 0.6) is 5.75 Å². The molecule has 7 heteroatoms. The van der Waals surface area contributed by atoms with E-state index < -0.39 is 24.6 Å². The standard InChI is InChI=1S/C20H21F5O2/c21-19(22)18-16-11-12(9-10-26)1-2-13(16)3-8-17(18)27-15-6-4-14(5-7-15)20(23,24)25/h1-3,8,11,14-15,19,26H,4-7,9-10H2. The summed E-state index contributed by atoms with van der Waals surface area (Å²) in [6.07, 6.45) is -6.86. The van der Waals surface area contributed by atoms with E-state index in [-0.39, 0.29) is 43.6 Å². The average Bonchev–Trinajstić information content (AvgIpc) is 2.61. The molecule has 2 nitrogen and oxygen atoms in total. The van der Waals surface area contributed by atoms with Gasteiger partial charge >= 0.3 is 6.18 Å². The van der Waals surface area contributed by atoms with Gasteiger partial charge in [0, 0.05) is 6.61 Å². The van der Waals surface area contributed by atoms with Gasteiger partial charge in [-0.1, -0.05) is 24.3 Å². The smallest absolute Gasteiger partial charge is 0.391 e. The lowest BCUT2D eigenvalue weighted by atomic mass is 9.87. The van der Waals surface area contributed by atoms with Gasteiger partial charge in [-0.15, -0.1) is 0 Å². The molecule has 2 aromatic carbocycles. The molecule has 2 aromatic rings. The molecule has 0 aliphatic heterocycles. The predicted octanol–water partition coefficient (Wildman–Crippen LogP) is 5.81. The molecule has 0 amide bonds. The third-order valence-corrected chi connectivity index (χ3v) is 5.14. The van der Waals surface area contributed by atoms with Gasteiger partial charge in [-0.05, 0) is 54.5 Å². The number of ether oxygens (including phenoxy) is 1. The molecule has 0 bridgehead atoms. The van der Waals surface area contributed by atoms with Gasteiger partial charge in [-0.25, -0.2) is 8.78 Å². The molecule has 27 heavy (non-hydrogen) atoms. The van der Waals surface area contributed by atoms with E-state index in [1.165, 1.54) is 6.07 Å². The molecule has 0 spiro atoms. The maximum atomic E-state index is 13.8. The fourth-order valence-electron chi connectivity index (χ4n) is 3.67. The van der Waals surface area contributed by atoms with Crippen molar-refractivity contribution >= 4 is 10.8 Å². The molecule has 1 fully saturated rings. The van der Waals surface area contributed by atoms with Crippen molar-refractivity contribution in [1.29, 1.82) is 0 Å². The Morgan fingerprint density at radius 3 is 2.30 bits per heavy atom. The Morgan fingerprint density at radius 2 is 1.70 bits per heavy atom. The molecule has 0 aromatic heterocycles. The van der Waals surface area contributed by atoms with Crippen molar-refractivity contribution in [2.24, 2.45) is 5.92 Å². The molecule has 148 valence electrons. The highest BCUT2D eigenvalue weighted by Crippen LogP contribution is 2.41. The predicted molar refractivity (Wildman–Crippen MR) is 92.1 cm³/mol. The second-order valence-electron chi connectivity index (χ2n) is 6.94. The van der Waals surface area contributed by atoms with Crippen LogP contribution in [-0.4, -0.2) is 24.0 Å². The first kappa shape index (κ1) is 19.9. The summed E-state index contributed by atoms with van der Waals surface area (Å²) in [7, 11) is 0. The average molecular weight is 388 g/mol. The van der Waals surface area contributed by atoms with Crippen LogP contribution >= 0.6 is 0 Å². The molecule has 1 aliphatic carbocycles. The Bertz CT molecular complexity index is 780. The minimum absolute atomic E-state index is 0.0223. The molecule has 0 saturated heterocycles. The zero-order chi connectivity index (χ0) is 19.6. The maximum absolute atomic E-state index is 13.8. The van der Waals surface area contributed by atoms with E-state index in [0.29, 0.717) is 17.2 Å². The molecule has 0 unspecified atom stereocenters.